The van der Waals surface area contributed by atoms with Crippen LogP contribution >= 0.6 is 0 Å². The maximum absolute atomic E-state index is 12.7. The molecular formula is C37H32N8O17S3. The van der Waals surface area contributed by atoms with E-state index in [-0.39, 0.29) is 80.2 Å². The van der Waals surface area contributed by atoms with Gasteiger partial charge in [0.25, 0.3) is 30.4 Å². The minimum Gasteiger partial charge on any atom is -0.505 e. The Hall–Kier alpha value is -7.31. The van der Waals surface area contributed by atoms with Crippen LogP contribution in [0, 0.1) is 6.92 Å². The number of carbonyl (C=O) groups is 1. The molecule has 5 aromatic carbocycles. The van der Waals surface area contributed by atoms with Crippen molar-refractivity contribution in [1.29, 1.82) is 0 Å². The molecule has 0 aliphatic carbocycles. The summed E-state index contributed by atoms with van der Waals surface area (Å²) < 4.78 is 112. The molecule has 0 fully saturated rings. The second-order valence-corrected chi connectivity index (χ2v) is 17.3. The van der Waals surface area contributed by atoms with Crippen LogP contribution in [0.25, 0.3) is 16.5 Å². The number of fused-ring (bicyclic) bond motifs is 1. The van der Waals surface area contributed by atoms with Gasteiger partial charge in [-0.3, -0.25) is 13.7 Å². The highest BCUT2D eigenvalue weighted by atomic mass is 32.2. The number of aliphatic hydroxyl groups excluding tert-OH is 2. The van der Waals surface area contributed by atoms with Crippen molar-refractivity contribution in [3.05, 3.63) is 90.1 Å². The summed E-state index contributed by atoms with van der Waals surface area (Å²) in [6.07, 6.45) is 0. The number of nitrogens with zero attached hydrogens (tertiary/aromatic N) is 8. The molecule has 0 atom stereocenters. The fraction of sp³-hybridized carbons (Fsp3) is 0.135. The summed E-state index contributed by atoms with van der Waals surface area (Å²) >= 11 is 0. The van der Waals surface area contributed by atoms with Gasteiger partial charge in [0.2, 0.25) is 5.88 Å². The normalized spacial score (nSPS) is 12.5. The summed E-state index contributed by atoms with van der Waals surface area (Å²) in [5, 5.41) is 79.0. The Morgan fingerprint density at radius 2 is 1.20 bits per heavy atom. The molecule has 1 aromatic heterocycles. The zero-order valence-corrected chi connectivity index (χ0v) is 35.3. The lowest BCUT2D eigenvalue weighted by atomic mass is 10.1. The third-order valence-electron chi connectivity index (χ3n) is 8.72. The average Bonchev–Trinajstić information content (AvgIpc) is 3.53. The molecule has 0 bridgehead atoms. The number of hydrogen-bond donors (Lipinski definition) is 8. The highest BCUT2D eigenvalue weighted by molar-refractivity contribution is 7.86. The Bertz CT molecular complexity index is 3290. The topological polar surface area (TPSA) is 392 Å². The minimum absolute atomic E-state index is 0.0127. The first-order valence-electron chi connectivity index (χ1n) is 18.0. The van der Waals surface area contributed by atoms with Crippen LogP contribution in [0.1, 0.15) is 16.1 Å². The Labute approximate surface area is 366 Å². The van der Waals surface area contributed by atoms with Gasteiger partial charge < -0.3 is 35.0 Å². The molecule has 8 N–H and O–H groups in total. The van der Waals surface area contributed by atoms with Crippen molar-refractivity contribution >= 4 is 81.2 Å². The lowest BCUT2D eigenvalue weighted by Crippen LogP contribution is -2.04. The largest absolute Gasteiger partial charge is 0.505 e. The fourth-order valence-electron chi connectivity index (χ4n) is 5.74. The van der Waals surface area contributed by atoms with Crippen LogP contribution in [-0.4, -0.2) is 107 Å². The quantitative estimate of drug-likeness (QED) is 0.0374. The van der Waals surface area contributed by atoms with Gasteiger partial charge in [-0.2, -0.15) is 40.1 Å². The number of carboxylic acid groups (broad SMARTS) is 1. The Kier molecular flexibility index (Phi) is 13.6. The zero-order chi connectivity index (χ0) is 47.4. The van der Waals surface area contributed by atoms with Crippen LogP contribution in [0.15, 0.2) is 124 Å². The van der Waals surface area contributed by atoms with Gasteiger partial charge in [0.05, 0.1) is 45.6 Å². The number of hydrogen-bond acceptors (Lipinski definition) is 20. The molecule has 6 rings (SSSR count). The molecule has 0 aliphatic rings. The van der Waals surface area contributed by atoms with E-state index in [1.807, 2.05) is 0 Å². The highest BCUT2D eigenvalue weighted by Gasteiger charge is 2.25. The molecule has 0 spiro atoms. The van der Waals surface area contributed by atoms with E-state index in [2.05, 4.69) is 35.8 Å². The van der Waals surface area contributed by atoms with Crippen molar-refractivity contribution in [2.24, 2.45) is 30.7 Å². The van der Waals surface area contributed by atoms with Crippen LogP contribution in [0.3, 0.4) is 0 Å². The molecule has 0 radical (unpaired) electrons. The zero-order valence-electron chi connectivity index (χ0n) is 32.9. The molecule has 6 aromatic rings. The summed E-state index contributed by atoms with van der Waals surface area (Å²) in [5.41, 5.74) is -1.94. The van der Waals surface area contributed by atoms with Crippen LogP contribution in [0.4, 0.5) is 34.1 Å². The maximum Gasteiger partial charge on any atom is 0.338 e. The monoisotopic (exact) mass is 956 g/mol. The minimum atomic E-state index is -5.18. The third kappa shape index (κ3) is 10.7. The van der Waals surface area contributed by atoms with Crippen LogP contribution in [0.5, 0.6) is 23.1 Å². The number of aromatic nitrogens is 2. The van der Waals surface area contributed by atoms with Crippen LogP contribution in [0.2, 0.25) is 0 Å². The smallest absolute Gasteiger partial charge is 0.338 e. The summed E-state index contributed by atoms with van der Waals surface area (Å²) in [6.45, 7) is -0.279. The first-order chi connectivity index (χ1) is 30.6. The van der Waals surface area contributed by atoms with E-state index >= 15 is 0 Å². The molecule has 1 heterocycles. The van der Waals surface area contributed by atoms with Crippen molar-refractivity contribution in [1.82, 2.24) is 9.78 Å². The number of phenols is 1. The fourth-order valence-corrected chi connectivity index (χ4v) is 7.39. The SMILES string of the molecule is Cc1nn(-c2ccc3c(O)c(/N=N/c4cc(OCCO)c(/N=N/c5ccc(S(=O)(=O)O)cc5C(=O)O)cc4OCCO)c(S(=O)(=O)O)cc3c2)c(O)c1/N=N/c1ccc(S(=O)(=O)O)cc1. The Balaban J connectivity index is 1.39. The third-order valence-corrected chi connectivity index (χ3v) is 11.3. The molecule has 28 heteroatoms. The molecular weight excluding hydrogens is 925 g/mol. The molecule has 340 valence electrons. The van der Waals surface area contributed by atoms with Gasteiger partial charge in [0.1, 0.15) is 52.4 Å². The van der Waals surface area contributed by atoms with Gasteiger partial charge in [0.15, 0.2) is 11.4 Å². The van der Waals surface area contributed by atoms with E-state index in [0.717, 1.165) is 47.1 Å². The molecule has 0 aliphatic heterocycles. The first kappa shape index (κ1) is 47.2. The number of rotatable bonds is 17. The standard InChI is InChI=1S/C37H32N8O17S3/c1-19-33(42-38-21-2-5-23(6-3-21)63(52,53)54)36(49)45(44-19)22-4-8-25-20(14-22)15-32(65(58,59)60)34(35(25)48)43-41-29-18-30(61-12-10-46)28(17-31(29)62-13-11-47)40-39-27-9-7-24(64(55,56)57)16-26(27)37(50)51/h2-9,14-18,46-49H,10-13H2,1H3,(H,50,51)(H,52,53,54)(H,55,56,57)(H,58,59,60)/b40-39+,42-38+,43-41+. The number of ether oxygens (including phenoxy) is 2. The second-order valence-electron chi connectivity index (χ2n) is 13.1. The predicted octanol–water partition coefficient (Wildman–Crippen LogP) is 6.17. The Morgan fingerprint density at radius 1 is 0.646 bits per heavy atom. The van der Waals surface area contributed by atoms with Gasteiger partial charge in [-0.1, -0.05) is 0 Å². The lowest BCUT2D eigenvalue weighted by molar-refractivity contribution is 0.0697. The van der Waals surface area contributed by atoms with E-state index < -0.39 is 82.2 Å². The number of aliphatic hydroxyl groups is 2. The summed E-state index contributed by atoms with van der Waals surface area (Å²) in [5.74, 6) is -3.38. The predicted molar refractivity (Wildman–Crippen MR) is 223 cm³/mol. The van der Waals surface area contributed by atoms with Gasteiger partial charge in [-0.15, -0.1) is 25.6 Å². The lowest BCUT2D eigenvalue weighted by Gasteiger charge is -2.13. The number of benzene rings is 5. The van der Waals surface area contributed by atoms with Gasteiger partial charge >= 0.3 is 5.97 Å². The first-order valence-corrected chi connectivity index (χ1v) is 22.3. The van der Waals surface area contributed by atoms with Crippen molar-refractivity contribution in [2.45, 2.75) is 21.6 Å². The van der Waals surface area contributed by atoms with Crippen molar-refractivity contribution in [3.8, 4) is 28.8 Å². The number of carboxylic acids is 1. The Morgan fingerprint density at radius 3 is 1.75 bits per heavy atom. The van der Waals surface area contributed by atoms with Gasteiger partial charge in [0, 0.05) is 17.5 Å². The van der Waals surface area contributed by atoms with Crippen molar-refractivity contribution in [2.75, 3.05) is 26.4 Å². The summed E-state index contributed by atoms with van der Waals surface area (Å²) in [7, 11) is -14.4. The number of aromatic hydroxyl groups is 2. The number of aryl methyl sites for hydroxylation is 1. The van der Waals surface area contributed by atoms with Crippen molar-refractivity contribution in [3.63, 3.8) is 0 Å². The van der Waals surface area contributed by atoms with E-state index in [9.17, 15) is 69.2 Å². The van der Waals surface area contributed by atoms with Crippen molar-refractivity contribution < 1.29 is 78.7 Å². The molecule has 25 nitrogen and oxygen atoms in total. The van der Waals surface area contributed by atoms with E-state index in [1.54, 1.807) is 0 Å². The van der Waals surface area contributed by atoms with Gasteiger partial charge in [-0.25, -0.2) is 4.79 Å². The average molecular weight is 957 g/mol. The number of aromatic carboxylic acids is 1. The maximum atomic E-state index is 12.7. The molecule has 65 heavy (non-hydrogen) atoms. The number of phenolic OH excluding ortho intramolecular Hbond substituents is 1. The molecule has 0 saturated heterocycles. The van der Waals surface area contributed by atoms with Gasteiger partial charge in [-0.05, 0) is 79.0 Å². The van der Waals surface area contributed by atoms with E-state index in [0.29, 0.717) is 6.07 Å². The molecule has 0 amide bonds. The molecule has 0 unspecified atom stereocenters. The highest BCUT2D eigenvalue weighted by Crippen LogP contribution is 2.45. The second kappa shape index (κ2) is 18.8. The molecule has 0 saturated carbocycles. The van der Waals surface area contributed by atoms with Crippen LogP contribution < -0.4 is 9.47 Å². The number of azo groups is 3. The summed E-state index contributed by atoms with van der Waals surface area (Å²) in [6, 6.07) is 14.3. The van der Waals surface area contributed by atoms with E-state index in [4.69, 9.17) is 9.47 Å². The van der Waals surface area contributed by atoms with E-state index in [1.165, 1.54) is 37.3 Å². The van der Waals surface area contributed by atoms with Crippen LogP contribution in [-0.2, 0) is 30.4 Å². The summed E-state index contributed by atoms with van der Waals surface area (Å²) in [4.78, 5) is 9.84.